The van der Waals surface area contributed by atoms with Crippen molar-refractivity contribution in [1.82, 2.24) is 10.2 Å². The summed E-state index contributed by atoms with van der Waals surface area (Å²) in [5, 5.41) is 3.38. The lowest BCUT2D eigenvalue weighted by atomic mass is 10.1. The minimum absolute atomic E-state index is 0.0321. The molecule has 0 bridgehead atoms. The molecule has 2 rings (SSSR count). The van der Waals surface area contributed by atoms with Crippen molar-refractivity contribution in [3.63, 3.8) is 0 Å². The maximum absolute atomic E-state index is 12.4. The highest BCUT2D eigenvalue weighted by Gasteiger charge is 2.29. The van der Waals surface area contributed by atoms with Crippen molar-refractivity contribution in [2.24, 2.45) is 0 Å². The van der Waals surface area contributed by atoms with Crippen LogP contribution in [0.2, 0.25) is 0 Å². The van der Waals surface area contributed by atoms with Crippen LogP contribution in [-0.4, -0.2) is 55.9 Å². The monoisotopic (exact) mass is 374 g/mol. The quantitative estimate of drug-likeness (QED) is 0.832. The molecule has 2 atom stereocenters. The molecule has 1 N–H and O–H groups in total. The number of carbonyl (C=O) groups excluding carboxylic acids is 1. The molecular weight excluding hydrogens is 349 g/mol. The molecule has 8 heteroatoms. The molecule has 1 aliphatic heterocycles. The van der Waals surface area contributed by atoms with E-state index in [-0.39, 0.29) is 29.5 Å². The number of nitrogens with zero attached hydrogens (tertiary/aromatic N) is 1. The SMILES string of the molecule is COc1cc(CCC(=O)N2C[C@H](C)N[C@@H](C)C2)ccc1OCC(F)(F)F. The molecule has 0 spiro atoms. The minimum Gasteiger partial charge on any atom is -0.493 e. The van der Waals surface area contributed by atoms with Gasteiger partial charge in [0.25, 0.3) is 0 Å². The van der Waals surface area contributed by atoms with E-state index in [1.165, 1.54) is 13.2 Å². The number of rotatable bonds is 6. The Hall–Kier alpha value is -1.96. The second kappa shape index (κ2) is 8.62. The van der Waals surface area contributed by atoms with Crippen LogP contribution in [0.25, 0.3) is 0 Å². The van der Waals surface area contributed by atoms with Crippen LogP contribution in [0.3, 0.4) is 0 Å². The molecule has 0 aliphatic carbocycles. The molecule has 1 heterocycles. The summed E-state index contributed by atoms with van der Waals surface area (Å²) in [6.07, 6.45) is -3.58. The zero-order chi connectivity index (χ0) is 19.3. The van der Waals surface area contributed by atoms with E-state index in [1.54, 1.807) is 12.1 Å². The lowest BCUT2D eigenvalue weighted by Crippen LogP contribution is -2.55. The second-order valence-corrected chi connectivity index (χ2v) is 6.66. The van der Waals surface area contributed by atoms with Gasteiger partial charge in [-0.1, -0.05) is 6.07 Å². The van der Waals surface area contributed by atoms with E-state index in [0.717, 1.165) is 5.56 Å². The number of benzene rings is 1. The van der Waals surface area contributed by atoms with E-state index in [9.17, 15) is 18.0 Å². The van der Waals surface area contributed by atoms with Gasteiger partial charge in [-0.3, -0.25) is 4.79 Å². The summed E-state index contributed by atoms with van der Waals surface area (Å²) < 4.78 is 46.7. The van der Waals surface area contributed by atoms with E-state index < -0.39 is 12.8 Å². The first-order valence-electron chi connectivity index (χ1n) is 8.58. The molecule has 0 radical (unpaired) electrons. The number of hydrogen-bond donors (Lipinski definition) is 1. The molecule has 0 saturated carbocycles. The Morgan fingerprint density at radius 1 is 1.23 bits per heavy atom. The largest absolute Gasteiger partial charge is 0.493 e. The van der Waals surface area contributed by atoms with Gasteiger partial charge in [-0.05, 0) is 38.0 Å². The van der Waals surface area contributed by atoms with Gasteiger partial charge in [-0.15, -0.1) is 0 Å². The van der Waals surface area contributed by atoms with Crippen molar-refractivity contribution in [2.75, 3.05) is 26.8 Å². The van der Waals surface area contributed by atoms with Crippen LogP contribution in [0.5, 0.6) is 11.5 Å². The smallest absolute Gasteiger partial charge is 0.422 e. The Labute approximate surface area is 151 Å². The number of methoxy groups -OCH3 is 1. The Morgan fingerprint density at radius 2 is 1.88 bits per heavy atom. The first-order chi connectivity index (χ1) is 12.2. The van der Waals surface area contributed by atoms with Gasteiger partial charge in [-0.25, -0.2) is 0 Å². The maximum atomic E-state index is 12.4. The van der Waals surface area contributed by atoms with Gasteiger partial charge in [0.05, 0.1) is 7.11 Å². The highest BCUT2D eigenvalue weighted by Crippen LogP contribution is 2.30. The van der Waals surface area contributed by atoms with Gasteiger partial charge in [0, 0.05) is 31.6 Å². The highest BCUT2D eigenvalue weighted by molar-refractivity contribution is 5.76. The van der Waals surface area contributed by atoms with E-state index in [0.29, 0.717) is 25.9 Å². The molecule has 1 aliphatic rings. The number of amides is 1. The number of halogens is 3. The van der Waals surface area contributed by atoms with E-state index in [2.05, 4.69) is 5.32 Å². The first kappa shape index (κ1) is 20.4. The lowest BCUT2D eigenvalue weighted by Gasteiger charge is -2.36. The van der Waals surface area contributed by atoms with Crippen molar-refractivity contribution >= 4 is 5.91 Å². The van der Waals surface area contributed by atoms with Crippen LogP contribution in [0, 0.1) is 0 Å². The summed E-state index contributed by atoms with van der Waals surface area (Å²) in [6.45, 7) is 4.06. The Morgan fingerprint density at radius 3 is 2.46 bits per heavy atom. The Bertz CT molecular complexity index is 612. The summed E-state index contributed by atoms with van der Waals surface area (Å²) in [5.74, 6) is 0.329. The zero-order valence-corrected chi connectivity index (χ0v) is 15.2. The average molecular weight is 374 g/mol. The van der Waals surface area contributed by atoms with Crippen LogP contribution in [0.15, 0.2) is 18.2 Å². The summed E-state index contributed by atoms with van der Waals surface area (Å²) in [4.78, 5) is 14.3. The van der Waals surface area contributed by atoms with Crippen molar-refractivity contribution < 1.29 is 27.4 Å². The summed E-state index contributed by atoms with van der Waals surface area (Å²) >= 11 is 0. The topological polar surface area (TPSA) is 50.8 Å². The average Bonchev–Trinajstić information content (AvgIpc) is 2.56. The number of alkyl halides is 3. The molecule has 1 fully saturated rings. The number of nitrogens with one attached hydrogen (secondary N) is 1. The fourth-order valence-electron chi connectivity index (χ4n) is 3.09. The maximum Gasteiger partial charge on any atom is 0.422 e. The molecule has 26 heavy (non-hydrogen) atoms. The third-order valence-corrected chi connectivity index (χ3v) is 4.16. The highest BCUT2D eigenvalue weighted by atomic mass is 19.4. The standard InChI is InChI=1S/C18H25F3N2O3/c1-12-9-23(10-13(2)22-12)17(24)7-5-14-4-6-15(16(8-14)25-3)26-11-18(19,20)21/h4,6,8,12-13,22H,5,7,9-11H2,1-3H3/t12-,13-/m0/s1. The van der Waals surface area contributed by atoms with Gasteiger partial charge in [0.15, 0.2) is 18.1 Å². The van der Waals surface area contributed by atoms with E-state index in [1.807, 2.05) is 18.7 Å². The molecule has 0 unspecified atom stereocenters. The number of hydrogen-bond acceptors (Lipinski definition) is 4. The van der Waals surface area contributed by atoms with Crippen LogP contribution in [0.1, 0.15) is 25.8 Å². The molecular formula is C18H25F3N2O3. The zero-order valence-electron chi connectivity index (χ0n) is 15.2. The molecule has 5 nitrogen and oxygen atoms in total. The number of aryl methyl sites for hydroxylation is 1. The van der Waals surface area contributed by atoms with Gasteiger partial charge < -0.3 is 19.7 Å². The summed E-state index contributed by atoms with van der Waals surface area (Å²) in [5.41, 5.74) is 0.811. The van der Waals surface area contributed by atoms with Gasteiger partial charge in [-0.2, -0.15) is 13.2 Å². The Balaban J connectivity index is 1.94. The number of ether oxygens (including phenoxy) is 2. The van der Waals surface area contributed by atoms with Gasteiger partial charge in [0.2, 0.25) is 5.91 Å². The molecule has 0 aromatic heterocycles. The minimum atomic E-state index is -4.41. The van der Waals surface area contributed by atoms with Crippen LogP contribution in [-0.2, 0) is 11.2 Å². The second-order valence-electron chi connectivity index (χ2n) is 6.66. The fourth-order valence-corrected chi connectivity index (χ4v) is 3.09. The van der Waals surface area contributed by atoms with E-state index >= 15 is 0 Å². The molecule has 1 saturated heterocycles. The van der Waals surface area contributed by atoms with Crippen LogP contribution < -0.4 is 14.8 Å². The van der Waals surface area contributed by atoms with Crippen molar-refractivity contribution in [3.8, 4) is 11.5 Å². The third kappa shape index (κ3) is 6.09. The summed E-state index contributed by atoms with van der Waals surface area (Å²) in [7, 11) is 1.37. The van der Waals surface area contributed by atoms with Crippen molar-refractivity contribution in [1.29, 1.82) is 0 Å². The van der Waals surface area contributed by atoms with E-state index in [4.69, 9.17) is 9.47 Å². The predicted molar refractivity (Wildman–Crippen MR) is 91.5 cm³/mol. The third-order valence-electron chi connectivity index (χ3n) is 4.16. The van der Waals surface area contributed by atoms with Gasteiger partial charge in [0.1, 0.15) is 0 Å². The molecule has 146 valence electrons. The molecule has 1 amide bonds. The molecule has 1 aromatic rings. The van der Waals surface area contributed by atoms with Crippen molar-refractivity contribution in [3.05, 3.63) is 23.8 Å². The van der Waals surface area contributed by atoms with Crippen molar-refractivity contribution in [2.45, 2.75) is 44.9 Å². The first-order valence-corrected chi connectivity index (χ1v) is 8.58. The predicted octanol–water partition coefficient (Wildman–Crippen LogP) is 2.78. The lowest BCUT2D eigenvalue weighted by molar-refractivity contribution is -0.153. The summed E-state index contributed by atoms with van der Waals surface area (Å²) in [6, 6.07) is 5.23. The number of piperazine rings is 1. The van der Waals surface area contributed by atoms with Gasteiger partial charge >= 0.3 is 6.18 Å². The number of carbonyl (C=O) groups is 1. The van der Waals surface area contributed by atoms with Crippen LogP contribution in [0.4, 0.5) is 13.2 Å². The Kier molecular flexibility index (Phi) is 6.75. The fraction of sp³-hybridized carbons (Fsp3) is 0.611. The normalized spacial score (nSPS) is 20.8. The molecule has 1 aromatic carbocycles. The van der Waals surface area contributed by atoms with Crippen LogP contribution >= 0.6 is 0 Å².